The molecule has 0 unspecified atom stereocenters. The second-order valence-electron chi connectivity index (χ2n) is 5.74. The van der Waals surface area contributed by atoms with Crippen LogP contribution in [0.5, 0.6) is 0 Å². The van der Waals surface area contributed by atoms with Crippen LogP contribution in [0.15, 0.2) is 21.8 Å². The highest BCUT2D eigenvalue weighted by Crippen LogP contribution is 2.12. The van der Waals surface area contributed by atoms with Crippen molar-refractivity contribution in [3.8, 4) is 0 Å². The van der Waals surface area contributed by atoms with Gasteiger partial charge in [0.25, 0.3) is 0 Å². The number of halogens is 1. The number of hydrogen-bond donors (Lipinski definition) is 2. The summed E-state index contributed by atoms with van der Waals surface area (Å²) >= 11 is 0. The van der Waals surface area contributed by atoms with E-state index < -0.39 is 20.0 Å². The molecule has 0 aliphatic carbocycles. The number of nitrogens with zero attached hydrogens (tertiary/aromatic N) is 4. The molecule has 3 N–H and O–H groups in total. The van der Waals surface area contributed by atoms with Gasteiger partial charge in [0, 0.05) is 38.8 Å². The molecule has 2 heterocycles. The normalized spacial score (nSPS) is 16.8. The molecule has 0 spiro atoms. The third-order valence-electron chi connectivity index (χ3n) is 3.73. The van der Waals surface area contributed by atoms with Crippen molar-refractivity contribution in [2.75, 3.05) is 45.0 Å². The van der Waals surface area contributed by atoms with Crippen molar-refractivity contribution in [1.29, 1.82) is 0 Å². The number of nitrogens with one attached hydrogen (secondary N) is 1. The standard InChI is InChI=1S/C13H24N6O5S2.HI/c1-2-15-13(16-4-10-25(14,20)21)18-5-7-19(8-6-18)26(22,23)11-12-3-9-24-17-12;/h3,9H,2,4-8,10-11H2,1H3,(H,15,16)(H2,14,20,21);1H. The van der Waals surface area contributed by atoms with E-state index in [4.69, 9.17) is 5.14 Å². The molecule has 0 amide bonds. The molecule has 1 aromatic rings. The zero-order chi connectivity index (χ0) is 19.2. The Bertz CT molecular complexity index is 804. The van der Waals surface area contributed by atoms with Crippen LogP contribution in [-0.2, 0) is 25.8 Å². The van der Waals surface area contributed by atoms with Gasteiger partial charge in [0.2, 0.25) is 20.0 Å². The van der Waals surface area contributed by atoms with Crippen LogP contribution in [0.2, 0.25) is 0 Å². The highest BCUT2D eigenvalue weighted by molar-refractivity contribution is 14.0. The predicted octanol–water partition coefficient (Wildman–Crippen LogP) is -1.01. The Morgan fingerprint density at radius 2 is 1.96 bits per heavy atom. The Hall–Kier alpha value is -0.970. The van der Waals surface area contributed by atoms with E-state index >= 15 is 0 Å². The van der Waals surface area contributed by atoms with E-state index in [0.717, 1.165) is 0 Å². The summed E-state index contributed by atoms with van der Waals surface area (Å²) in [6.07, 6.45) is 1.34. The lowest BCUT2D eigenvalue weighted by atomic mass is 10.4. The number of aromatic nitrogens is 1. The molecular formula is C13H25IN6O5S2. The molecule has 27 heavy (non-hydrogen) atoms. The van der Waals surface area contributed by atoms with E-state index in [0.29, 0.717) is 44.4 Å². The van der Waals surface area contributed by atoms with E-state index in [9.17, 15) is 16.8 Å². The zero-order valence-corrected chi connectivity index (χ0v) is 18.9. The molecule has 156 valence electrons. The second-order valence-corrected chi connectivity index (χ2v) is 9.44. The highest BCUT2D eigenvalue weighted by atomic mass is 127. The molecule has 1 aliphatic heterocycles. The summed E-state index contributed by atoms with van der Waals surface area (Å²) in [6.45, 7) is 4.05. The molecule has 1 aromatic heterocycles. The minimum atomic E-state index is -3.57. The summed E-state index contributed by atoms with van der Waals surface area (Å²) in [5.41, 5.74) is 0.366. The Balaban J connectivity index is 0.00000364. The number of sulfonamides is 2. The van der Waals surface area contributed by atoms with Gasteiger partial charge in [0.1, 0.15) is 12.0 Å². The fraction of sp³-hybridized carbons (Fsp3) is 0.692. The van der Waals surface area contributed by atoms with Gasteiger partial charge < -0.3 is 14.7 Å². The molecule has 2 rings (SSSR count). The first-order chi connectivity index (χ1) is 12.2. The van der Waals surface area contributed by atoms with Crippen molar-refractivity contribution >= 4 is 50.0 Å². The zero-order valence-electron chi connectivity index (χ0n) is 14.9. The Kier molecular flexibility index (Phi) is 9.40. The average Bonchev–Trinajstić information content (AvgIpc) is 3.05. The maximum absolute atomic E-state index is 12.4. The summed E-state index contributed by atoms with van der Waals surface area (Å²) in [5.74, 6) is 0.102. The quantitative estimate of drug-likeness (QED) is 0.256. The van der Waals surface area contributed by atoms with Crippen LogP contribution < -0.4 is 10.5 Å². The predicted molar refractivity (Wildman–Crippen MR) is 112 cm³/mol. The SMILES string of the molecule is CCNC(=NCCS(N)(=O)=O)N1CCN(S(=O)(=O)Cc2ccon2)CC1.I. The van der Waals surface area contributed by atoms with Gasteiger partial charge in [-0.2, -0.15) is 4.31 Å². The molecule has 1 aliphatic rings. The van der Waals surface area contributed by atoms with E-state index in [2.05, 4.69) is 20.0 Å². The number of nitrogens with two attached hydrogens (primary N) is 1. The molecular weight excluding hydrogens is 511 g/mol. The Morgan fingerprint density at radius 3 is 2.48 bits per heavy atom. The van der Waals surface area contributed by atoms with Gasteiger partial charge >= 0.3 is 0 Å². The van der Waals surface area contributed by atoms with Crippen LogP contribution >= 0.6 is 24.0 Å². The van der Waals surface area contributed by atoms with Gasteiger partial charge in [-0.25, -0.2) is 22.0 Å². The first-order valence-corrected chi connectivity index (χ1v) is 11.4. The summed E-state index contributed by atoms with van der Waals surface area (Å²) in [7, 11) is -7.05. The molecule has 0 saturated carbocycles. The molecule has 1 saturated heterocycles. The molecule has 0 bridgehead atoms. The third kappa shape index (κ3) is 7.89. The van der Waals surface area contributed by atoms with Gasteiger partial charge in [0.05, 0.1) is 18.0 Å². The summed E-state index contributed by atoms with van der Waals surface area (Å²) in [5, 5.41) is 11.7. The van der Waals surface area contributed by atoms with Crippen molar-refractivity contribution < 1.29 is 21.4 Å². The van der Waals surface area contributed by atoms with E-state index in [-0.39, 0.29) is 42.0 Å². The van der Waals surface area contributed by atoms with Gasteiger partial charge in [-0.15, -0.1) is 24.0 Å². The van der Waals surface area contributed by atoms with Crippen molar-refractivity contribution in [3.05, 3.63) is 18.0 Å². The Morgan fingerprint density at radius 1 is 1.30 bits per heavy atom. The fourth-order valence-corrected chi connectivity index (χ4v) is 4.24. The van der Waals surface area contributed by atoms with E-state index in [1.54, 1.807) is 0 Å². The third-order valence-corrected chi connectivity index (χ3v) is 6.29. The lowest BCUT2D eigenvalue weighted by Crippen LogP contribution is -2.54. The molecule has 0 radical (unpaired) electrons. The maximum Gasteiger partial charge on any atom is 0.220 e. The van der Waals surface area contributed by atoms with Gasteiger partial charge in [-0.1, -0.05) is 5.16 Å². The summed E-state index contributed by atoms with van der Waals surface area (Å²) in [6, 6.07) is 1.52. The minimum Gasteiger partial charge on any atom is -0.364 e. The van der Waals surface area contributed by atoms with Crippen molar-refractivity contribution in [3.63, 3.8) is 0 Å². The number of rotatable bonds is 7. The first-order valence-electron chi connectivity index (χ1n) is 8.12. The van der Waals surface area contributed by atoms with Gasteiger partial charge in [-0.05, 0) is 6.92 Å². The number of hydrogen-bond acceptors (Lipinski definition) is 7. The summed E-state index contributed by atoms with van der Waals surface area (Å²) < 4.78 is 53.0. The maximum atomic E-state index is 12.4. The Labute approximate surface area is 176 Å². The summed E-state index contributed by atoms with van der Waals surface area (Å²) in [4.78, 5) is 6.15. The van der Waals surface area contributed by atoms with Crippen LogP contribution in [0.1, 0.15) is 12.6 Å². The largest absolute Gasteiger partial charge is 0.364 e. The lowest BCUT2D eigenvalue weighted by molar-refractivity contribution is 0.260. The van der Waals surface area contributed by atoms with E-state index in [1.165, 1.54) is 16.6 Å². The number of primary sulfonamides is 1. The van der Waals surface area contributed by atoms with Crippen LogP contribution in [0.25, 0.3) is 0 Å². The lowest BCUT2D eigenvalue weighted by Gasteiger charge is -2.35. The minimum absolute atomic E-state index is 0. The average molecular weight is 536 g/mol. The number of guanidine groups is 1. The molecule has 0 atom stereocenters. The molecule has 14 heteroatoms. The first kappa shape index (κ1) is 24.1. The van der Waals surface area contributed by atoms with Crippen molar-refractivity contribution in [1.82, 2.24) is 19.7 Å². The highest BCUT2D eigenvalue weighted by Gasteiger charge is 2.29. The number of aliphatic imine (C=N–C) groups is 1. The van der Waals surface area contributed by atoms with Crippen LogP contribution in [0.4, 0.5) is 0 Å². The number of piperazine rings is 1. The van der Waals surface area contributed by atoms with Crippen molar-refractivity contribution in [2.24, 2.45) is 10.1 Å². The van der Waals surface area contributed by atoms with Crippen LogP contribution in [-0.4, -0.2) is 82.2 Å². The van der Waals surface area contributed by atoms with E-state index in [1.807, 2.05) is 11.8 Å². The van der Waals surface area contributed by atoms with Gasteiger partial charge in [-0.3, -0.25) is 4.99 Å². The topological polar surface area (TPSA) is 151 Å². The molecule has 1 fully saturated rings. The molecule has 11 nitrogen and oxygen atoms in total. The monoisotopic (exact) mass is 536 g/mol. The van der Waals surface area contributed by atoms with Gasteiger partial charge in [0.15, 0.2) is 5.96 Å². The van der Waals surface area contributed by atoms with Crippen molar-refractivity contribution in [2.45, 2.75) is 12.7 Å². The fourth-order valence-electron chi connectivity index (χ4n) is 2.47. The smallest absolute Gasteiger partial charge is 0.220 e. The molecule has 0 aromatic carbocycles. The van der Waals surface area contributed by atoms with Crippen LogP contribution in [0.3, 0.4) is 0 Å². The van der Waals surface area contributed by atoms with Crippen LogP contribution in [0, 0.1) is 0 Å². The second kappa shape index (κ2) is 10.5.